The normalized spacial score (nSPS) is 14.3. The van der Waals surface area contributed by atoms with Crippen molar-refractivity contribution in [2.45, 2.75) is 26.6 Å². The number of alkyl halides is 3. The highest BCUT2D eigenvalue weighted by Gasteiger charge is 2.34. The molecule has 3 N–H and O–H groups in total. The van der Waals surface area contributed by atoms with E-state index in [0.717, 1.165) is 25.7 Å². The van der Waals surface area contributed by atoms with Crippen molar-refractivity contribution in [2.75, 3.05) is 43.4 Å². The van der Waals surface area contributed by atoms with Crippen molar-refractivity contribution in [3.8, 4) is 11.8 Å². The Balaban J connectivity index is 1.30. The lowest BCUT2D eigenvalue weighted by atomic mass is 10.0. The zero-order chi connectivity index (χ0) is 30.6. The van der Waals surface area contributed by atoms with E-state index in [1.54, 1.807) is 12.1 Å². The molecule has 1 fully saturated rings. The monoisotopic (exact) mass is 590 g/mol. The van der Waals surface area contributed by atoms with Crippen LogP contribution in [0.25, 0.3) is 11.0 Å². The minimum absolute atomic E-state index is 0.125. The van der Waals surface area contributed by atoms with Crippen molar-refractivity contribution < 1.29 is 22.8 Å². The fourth-order valence-electron chi connectivity index (χ4n) is 4.77. The molecule has 3 aromatic heterocycles. The molecule has 0 spiro atoms. The van der Waals surface area contributed by atoms with Crippen molar-refractivity contribution in [1.82, 2.24) is 30.0 Å². The number of halogens is 3. The molecule has 1 aliphatic heterocycles. The largest absolute Gasteiger partial charge is 0.416 e. The highest BCUT2D eigenvalue weighted by Crippen LogP contribution is 2.33. The van der Waals surface area contributed by atoms with Crippen molar-refractivity contribution in [3.05, 3.63) is 76.6 Å². The number of likely N-dealkylation sites (N-methyl/N-ethyl adjacent to an activating group) is 1. The fourth-order valence-corrected chi connectivity index (χ4v) is 4.77. The summed E-state index contributed by atoms with van der Waals surface area (Å²) in [5, 5.41) is 12.6. The summed E-state index contributed by atoms with van der Waals surface area (Å²) in [6.07, 6.45) is -1.64. The Hall–Kier alpha value is -4.80. The number of H-pyrrole nitrogens is 1. The first-order valence-corrected chi connectivity index (χ1v) is 13.6. The van der Waals surface area contributed by atoms with Crippen LogP contribution in [0, 0.1) is 11.8 Å². The molecule has 0 aliphatic carbocycles. The Kier molecular flexibility index (Phi) is 8.70. The Morgan fingerprint density at radius 2 is 1.72 bits per heavy atom. The first-order valence-electron chi connectivity index (χ1n) is 13.6. The first kappa shape index (κ1) is 29.7. The number of piperazine rings is 1. The number of hydrogen-bond acceptors (Lipinski definition) is 7. The fraction of sp³-hybridized carbons (Fsp3) is 0.300. The first-order chi connectivity index (χ1) is 20.6. The predicted molar refractivity (Wildman–Crippen MR) is 155 cm³/mol. The summed E-state index contributed by atoms with van der Waals surface area (Å²) in [6.45, 7) is 7.51. The summed E-state index contributed by atoms with van der Waals surface area (Å²) in [4.78, 5) is 37.0. The van der Waals surface area contributed by atoms with Gasteiger partial charge in [0, 0.05) is 68.7 Å². The van der Waals surface area contributed by atoms with Gasteiger partial charge in [-0.05, 0) is 42.4 Å². The predicted octanol–water partition coefficient (Wildman–Crippen LogP) is 4.12. The van der Waals surface area contributed by atoms with E-state index in [1.807, 2.05) is 4.90 Å². The van der Waals surface area contributed by atoms with E-state index in [-0.39, 0.29) is 29.4 Å². The molecule has 10 nitrogen and oxygen atoms in total. The van der Waals surface area contributed by atoms with Crippen LogP contribution in [0.1, 0.15) is 46.5 Å². The highest BCUT2D eigenvalue weighted by atomic mass is 19.4. The van der Waals surface area contributed by atoms with Gasteiger partial charge in [0.2, 0.25) is 5.91 Å². The van der Waals surface area contributed by atoms with Crippen LogP contribution in [-0.2, 0) is 17.5 Å². The Labute approximate surface area is 245 Å². The number of benzene rings is 1. The number of carbonyl (C=O) groups is 2. The number of aromatic amines is 1. The Morgan fingerprint density at radius 3 is 2.44 bits per heavy atom. The number of aromatic nitrogens is 4. The van der Waals surface area contributed by atoms with Crippen LogP contribution < -0.4 is 10.6 Å². The lowest BCUT2D eigenvalue weighted by Gasteiger charge is -2.34. The van der Waals surface area contributed by atoms with Gasteiger partial charge < -0.3 is 15.5 Å². The SMILES string of the molecule is CCN1CCN(Cc2ccc(C(=O)Nc3cc(C#Cc4cnc5n[nH]c(NC(C)=O)c5c4)ccn3)cc2C(F)(F)F)CC1. The van der Waals surface area contributed by atoms with Crippen molar-refractivity contribution in [3.63, 3.8) is 0 Å². The van der Waals surface area contributed by atoms with Crippen LogP contribution in [0.3, 0.4) is 0 Å². The van der Waals surface area contributed by atoms with E-state index in [2.05, 4.69) is 54.5 Å². The number of rotatable bonds is 6. The second-order valence-electron chi connectivity index (χ2n) is 10.1. The molecule has 1 aromatic carbocycles. The van der Waals surface area contributed by atoms with Crippen molar-refractivity contribution in [2.24, 2.45) is 0 Å². The molecular formula is C30H29F3N8O2. The molecule has 1 aliphatic rings. The minimum Gasteiger partial charge on any atom is -0.311 e. The molecule has 13 heteroatoms. The summed E-state index contributed by atoms with van der Waals surface area (Å²) < 4.78 is 42.0. The minimum atomic E-state index is -4.61. The van der Waals surface area contributed by atoms with E-state index in [9.17, 15) is 22.8 Å². The molecule has 43 heavy (non-hydrogen) atoms. The maximum Gasteiger partial charge on any atom is 0.416 e. The van der Waals surface area contributed by atoms with E-state index in [1.165, 1.54) is 37.5 Å². The van der Waals surface area contributed by atoms with Crippen LogP contribution in [0.2, 0.25) is 0 Å². The van der Waals surface area contributed by atoms with E-state index in [0.29, 0.717) is 41.1 Å². The molecule has 0 unspecified atom stereocenters. The molecule has 0 saturated carbocycles. The van der Waals surface area contributed by atoms with Crippen LogP contribution in [0.15, 0.2) is 48.8 Å². The molecule has 4 aromatic rings. The summed E-state index contributed by atoms with van der Waals surface area (Å²) >= 11 is 0. The lowest BCUT2D eigenvalue weighted by molar-refractivity contribution is -0.138. The van der Waals surface area contributed by atoms with E-state index < -0.39 is 17.6 Å². The number of pyridine rings is 2. The van der Waals surface area contributed by atoms with Gasteiger partial charge in [-0.3, -0.25) is 19.6 Å². The average Bonchev–Trinajstić information content (AvgIpc) is 3.37. The molecule has 4 heterocycles. The second-order valence-corrected chi connectivity index (χ2v) is 10.1. The van der Waals surface area contributed by atoms with Gasteiger partial charge in [-0.25, -0.2) is 9.97 Å². The van der Waals surface area contributed by atoms with Crippen LogP contribution >= 0.6 is 0 Å². The molecule has 1 saturated heterocycles. The van der Waals surface area contributed by atoms with Crippen molar-refractivity contribution >= 4 is 34.5 Å². The molecule has 5 rings (SSSR count). The van der Waals surface area contributed by atoms with Gasteiger partial charge in [0.15, 0.2) is 5.65 Å². The van der Waals surface area contributed by atoms with Crippen LogP contribution in [0.4, 0.5) is 24.8 Å². The van der Waals surface area contributed by atoms with Gasteiger partial charge in [0.25, 0.3) is 5.91 Å². The topological polar surface area (TPSA) is 119 Å². The molecule has 2 amide bonds. The van der Waals surface area contributed by atoms with Crippen molar-refractivity contribution in [1.29, 1.82) is 0 Å². The van der Waals surface area contributed by atoms with Gasteiger partial charge in [-0.2, -0.15) is 18.3 Å². The van der Waals surface area contributed by atoms with Gasteiger partial charge in [0.05, 0.1) is 10.9 Å². The van der Waals surface area contributed by atoms with Gasteiger partial charge in [-0.1, -0.05) is 24.8 Å². The molecule has 0 bridgehead atoms. The molecule has 0 atom stereocenters. The number of fused-ring (bicyclic) bond motifs is 1. The van der Waals surface area contributed by atoms with Gasteiger partial charge in [0.1, 0.15) is 11.6 Å². The van der Waals surface area contributed by atoms with Gasteiger partial charge >= 0.3 is 6.18 Å². The summed E-state index contributed by atoms with van der Waals surface area (Å²) in [5.41, 5.74) is 0.663. The molecule has 222 valence electrons. The Morgan fingerprint density at radius 1 is 0.977 bits per heavy atom. The average molecular weight is 591 g/mol. The van der Waals surface area contributed by atoms with E-state index in [4.69, 9.17) is 0 Å². The molecular weight excluding hydrogens is 561 g/mol. The van der Waals surface area contributed by atoms with Gasteiger partial charge in [-0.15, -0.1) is 0 Å². The highest BCUT2D eigenvalue weighted by molar-refractivity contribution is 6.04. The lowest BCUT2D eigenvalue weighted by Crippen LogP contribution is -2.45. The van der Waals surface area contributed by atoms with Crippen LogP contribution in [-0.4, -0.2) is 74.5 Å². The molecule has 0 radical (unpaired) electrons. The number of nitrogens with zero attached hydrogens (tertiary/aromatic N) is 5. The number of carbonyl (C=O) groups excluding carboxylic acids is 2. The summed E-state index contributed by atoms with van der Waals surface area (Å²) in [7, 11) is 0. The third-order valence-corrected chi connectivity index (χ3v) is 7.05. The summed E-state index contributed by atoms with van der Waals surface area (Å²) in [6, 6.07) is 8.55. The number of anilines is 2. The Bertz CT molecular complexity index is 1720. The number of nitrogens with one attached hydrogen (secondary N) is 3. The standard InChI is InChI=1S/C30H29F3N8O2/c1-3-40-10-12-41(13-11-40)18-23-7-6-22(16-25(23)30(31,32)33)29(43)37-26-15-20(8-9-34-26)4-5-21-14-24-27(35-17-21)38-39-28(24)36-19(2)42/h6-9,14-17H,3,10-13,18H2,1-2H3,(H,34,37,43)(H2,35,36,38,39,42). The quantitative estimate of drug-likeness (QED) is 0.289. The second kappa shape index (κ2) is 12.6. The zero-order valence-electron chi connectivity index (χ0n) is 23.5. The van der Waals surface area contributed by atoms with E-state index >= 15 is 0 Å². The maximum atomic E-state index is 14.0. The third kappa shape index (κ3) is 7.35. The number of hydrogen-bond donors (Lipinski definition) is 3. The maximum absolute atomic E-state index is 14.0. The van der Waals surface area contributed by atoms with Crippen LogP contribution in [0.5, 0.6) is 0 Å². The third-order valence-electron chi connectivity index (χ3n) is 7.05. The summed E-state index contributed by atoms with van der Waals surface area (Å²) in [5.74, 6) is 5.49. The number of amides is 2. The zero-order valence-corrected chi connectivity index (χ0v) is 23.5. The smallest absolute Gasteiger partial charge is 0.311 e.